The predicted molar refractivity (Wildman–Crippen MR) is 122 cm³/mol. The Labute approximate surface area is 177 Å². The number of carbonyl (C=O) groups is 2. The number of nitrogens with one attached hydrogen (secondary N) is 3. The van der Waals surface area contributed by atoms with Crippen LogP contribution in [0, 0.1) is 20.8 Å². The van der Waals surface area contributed by atoms with Crippen LogP contribution >= 0.6 is 0 Å². The lowest BCUT2D eigenvalue weighted by molar-refractivity contribution is -0.114. The SMILES string of the molecule is Cc1ccc(CNC(=O)c2ccccc2NCC(=O)Nc2c(C)cccc2C)cc1. The molecule has 0 aliphatic rings. The molecule has 3 aromatic carbocycles. The molecule has 3 aromatic rings. The van der Waals surface area contributed by atoms with Gasteiger partial charge in [-0.3, -0.25) is 9.59 Å². The Morgan fingerprint density at radius 2 is 1.47 bits per heavy atom. The van der Waals surface area contributed by atoms with Gasteiger partial charge >= 0.3 is 0 Å². The van der Waals surface area contributed by atoms with Crippen LogP contribution in [0.3, 0.4) is 0 Å². The Morgan fingerprint density at radius 1 is 0.800 bits per heavy atom. The van der Waals surface area contributed by atoms with Crippen molar-refractivity contribution < 1.29 is 9.59 Å². The zero-order chi connectivity index (χ0) is 21.5. The maximum absolute atomic E-state index is 12.7. The van der Waals surface area contributed by atoms with E-state index in [1.807, 2.05) is 75.4 Å². The minimum atomic E-state index is -0.186. The number of rotatable bonds is 7. The predicted octanol–water partition coefficient (Wildman–Crippen LogP) is 4.59. The van der Waals surface area contributed by atoms with E-state index in [1.54, 1.807) is 12.1 Å². The van der Waals surface area contributed by atoms with Gasteiger partial charge in [0.2, 0.25) is 5.91 Å². The molecule has 3 N–H and O–H groups in total. The quantitative estimate of drug-likeness (QED) is 0.542. The van der Waals surface area contributed by atoms with Gasteiger partial charge in [-0.2, -0.15) is 0 Å². The van der Waals surface area contributed by atoms with E-state index in [1.165, 1.54) is 5.56 Å². The van der Waals surface area contributed by atoms with Gasteiger partial charge in [0.05, 0.1) is 12.1 Å². The second kappa shape index (κ2) is 9.74. The number of aryl methyl sites for hydroxylation is 3. The minimum absolute atomic E-state index is 0.0655. The van der Waals surface area contributed by atoms with Crippen molar-refractivity contribution in [2.24, 2.45) is 0 Å². The summed E-state index contributed by atoms with van der Waals surface area (Å²) in [7, 11) is 0. The molecule has 154 valence electrons. The lowest BCUT2D eigenvalue weighted by Gasteiger charge is -2.14. The first kappa shape index (κ1) is 21.1. The molecular formula is C25H27N3O2. The van der Waals surface area contributed by atoms with Crippen molar-refractivity contribution in [3.05, 3.63) is 94.5 Å². The van der Waals surface area contributed by atoms with Crippen LogP contribution in [-0.4, -0.2) is 18.4 Å². The smallest absolute Gasteiger partial charge is 0.253 e. The topological polar surface area (TPSA) is 70.2 Å². The van der Waals surface area contributed by atoms with E-state index in [0.29, 0.717) is 17.8 Å². The molecule has 3 rings (SSSR count). The molecule has 0 bridgehead atoms. The van der Waals surface area contributed by atoms with Gasteiger partial charge in [-0.1, -0.05) is 60.2 Å². The van der Waals surface area contributed by atoms with Crippen molar-refractivity contribution in [2.75, 3.05) is 17.2 Å². The third-order valence-electron chi connectivity index (χ3n) is 4.93. The number of amides is 2. The highest BCUT2D eigenvalue weighted by molar-refractivity contribution is 6.01. The van der Waals surface area contributed by atoms with Gasteiger partial charge in [-0.15, -0.1) is 0 Å². The molecule has 0 fully saturated rings. The van der Waals surface area contributed by atoms with Gasteiger partial charge in [0.15, 0.2) is 0 Å². The molecule has 0 saturated heterocycles. The molecule has 0 aromatic heterocycles. The Bertz CT molecular complexity index is 1020. The van der Waals surface area contributed by atoms with Crippen LogP contribution in [0.4, 0.5) is 11.4 Å². The van der Waals surface area contributed by atoms with Gasteiger partial charge < -0.3 is 16.0 Å². The van der Waals surface area contributed by atoms with E-state index in [4.69, 9.17) is 0 Å². The summed E-state index contributed by atoms with van der Waals surface area (Å²) in [5.74, 6) is -0.351. The van der Waals surface area contributed by atoms with Gasteiger partial charge in [-0.05, 0) is 49.6 Å². The van der Waals surface area contributed by atoms with Crippen molar-refractivity contribution in [3.8, 4) is 0 Å². The number of benzene rings is 3. The fourth-order valence-electron chi connectivity index (χ4n) is 3.19. The maximum atomic E-state index is 12.7. The Balaban J connectivity index is 1.61. The van der Waals surface area contributed by atoms with Crippen LogP contribution in [0.5, 0.6) is 0 Å². The van der Waals surface area contributed by atoms with Gasteiger partial charge in [-0.25, -0.2) is 0 Å². The minimum Gasteiger partial charge on any atom is -0.376 e. The average Bonchev–Trinajstić information content (AvgIpc) is 2.74. The van der Waals surface area contributed by atoms with Crippen molar-refractivity contribution >= 4 is 23.2 Å². The van der Waals surface area contributed by atoms with Crippen LogP contribution < -0.4 is 16.0 Å². The lowest BCUT2D eigenvalue weighted by atomic mass is 10.1. The molecule has 0 aliphatic carbocycles. The monoisotopic (exact) mass is 401 g/mol. The molecule has 0 radical (unpaired) electrons. The number of hydrogen-bond acceptors (Lipinski definition) is 3. The molecule has 5 heteroatoms. The molecule has 0 unspecified atom stereocenters. The first-order valence-electron chi connectivity index (χ1n) is 9.97. The summed E-state index contributed by atoms with van der Waals surface area (Å²) in [6.45, 7) is 6.46. The largest absolute Gasteiger partial charge is 0.376 e. The highest BCUT2D eigenvalue weighted by atomic mass is 16.2. The van der Waals surface area contributed by atoms with Gasteiger partial charge in [0.1, 0.15) is 0 Å². The molecule has 30 heavy (non-hydrogen) atoms. The highest BCUT2D eigenvalue weighted by Crippen LogP contribution is 2.20. The second-order valence-electron chi connectivity index (χ2n) is 7.38. The van der Waals surface area contributed by atoms with E-state index in [9.17, 15) is 9.59 Å². The second-order valence-corrected chi connectivity index (χ2v) is 7.38. The zero-order valence-electron chi connectivity index (χ0n) is 17.6. The van der Waals surface area contributed by atoms with Crippen LogP contribution in [0.15, 0.2) is 66.7 Å². The normalized spacial score (nSPS) is 10.4. The van der Waals surface area contributed by atoms with Crippen molar-refractivity contribution in [3.63, 3.8) is 0 Å². The molecule has 0 spiro atoms. The van der Waals surface area contributed by atoms with E-state index in [-0.39, 0.29) is 18.4 Å². The molecule has 5 nitrogen and oxygen atoms in total. The summed E-state index contributed by atoms with van der Waals surface area (Å²) in [5, 5.41) is 8.97. The van der Waals surface area contributed by atoms with Crippen LogP contribution in [0.25, 0.3) is 0 Å². The van der Waals surface area contributed by atoms with Crippen molar-refractivity contribution in [1.82, 2.24) is 5.32 Å². The van der Waals surface area contributed by atoms with Crippen LogP contribution in [0.1, 0.15) is 32.6 Å². The summed E-state index contributed by atoms with van der Waals surface area (Å²) >= 11 is 0. The van der Waals surface area contributed by atoms with Crippen LogP contribution in [0.2, 0.25) is 0 Å². The first-order valence-corrected chi connectivity index (χ1v) is 9.97. The summed E-state index contributed by atoms with van der Waals surface area (Å²) in [6.07, 6.45) is 0. The van der Waals surface area contributed by atoms with E-state index < -0.39 is 0 Å². The van der Waals surface area contributed by atoms with E-state index in [2.05, 4.69) is 16.0 Å². The van der Waals surface area contributed by atoms with Crippen molar-refractivity contribution in [2.45, 2.75) is 27.3 Å². The summed E-state index contributed by atoms with van der Waals surface area (Å²) in [5.41, 5.74) is 6.19. The van der Waals surface area contributed by atoms with E-state index >= 15 is 0 Å². The Kier molecular flexibility index (Phi) is 6.86. The number of carbonyl (C=O) groups excluding carboxylic acids is 2. The lowest BCUT2D eigenvalue weighted by Crippen LogP contribution is -2.26. The van der Waals surface area contributed by atoms with Crippen molar-refractivity contribution in [1.29, 1.82) is 0 Å². The molecular weight excluding hydrogens is 374 g/mol. The maximum Gasteiger partial charge on any atom is 0.253 e. The zero-order valence-corrected chi connectivity index (χ0v) is 17.6. The fourth-order valence-corrected chi connectivity index (χ4v) is 3.19. The number of anilines is 2. The third kappa shape index (κ3) is 5.47. The summed E-state index contributed by atoms with van der Waals surface area (Å²) in [6, 6.07) is 21.1. The molecule has 0 saturated carbocycles. The number of para-hydroxylation sites is 2. The van der Waals surface area contributed by atoms with Gasteiger partial charge in [0, 0.05) is 17.9 Å². The Morgan fingerprint density at radius 3 is 2.17 bits per heavy atom. The standard InChI is InChI=1S/C25H27N3O2/c1-17-11-13-20(14-12-17)15-27-25(30)21-9-4-5-10-22(21)26-16-23(29)28-24-18(2)7-6-8-19(24)3/h4-14,26H,15-16H2,1-3H3,(H,27,30)(H,28,29). The first-order chi connectivity index (χ1) is 14.4. The Hall–Kier alpha value is -3.60. The fraction of sp³-hybridized carbons (Fsp3) is 0.200. The third-order valence-corrected chi connectivity index (χ3v) is 4.93. The molecule has 0 aliphatic heterocycles. The average molecular weight is 402 g/mol. The molecule has 0 atom stereocenters. The summed E-state index contributed by atoms with van der Waals surface area (Å²) < 4.78 is 0. The van der Waals surface area contributed by atoms with E-state index in [0.717, 1.165) is 22.4 Å². The van der Waals surface area contributed by atoms with Crippen LogP contribution in [-0.2, 0) is 11.3 Å². The molecule has 0 heterocycles. The summed E-state index contributed by atoms with van der Waals surface area (Å²) in [4.78, 5) is 25.1. The van der Waals surface area contributed by atoms with Gasteiger partial charge in [0.25, 0.3) is 5.91 Å². The highest BCUT2D eigenvalue weighted by Gasteiger charge is 2.12. The molecule has 2 amide bonds. The number of hydrogen-bond donors (Lipinski definition) is 3.